The highest BCUT2D eigenvalue weighted by Gasteiger charge is 2.27. The van der Waals surface area contributed by atoms with E-state index in [4.69, 9.17) is 21.1 Å². The minimum atomic E-state index is 0.293. The number of nitrogens with one attached hydrogen (secondary N) is 1. The fraction of sp³-hybridized carbons (Fsp3) is 0.389. The number of pyridine rings is 1. The highest BCUT2D eigenvalue weighted by molar-refractivity contribution is 6.31. The Balaban J connectivity index is 1.81. The smallest absolute Gasteiger partial charge is 0.258 e. The first-order valence-electron chi connectivity index (χ1n) is 8.24. The Kier molecular flexibility index (Phi) is 3.98. The van der Waals surface area contributed by atoms with Crippen molar-refractivity contribution in [2.75, 3.05) is 7.05 Å². The number of fused-ring (bicyclic) bond motifs is 1. The largest absolute Gasteiger partial charge is 0.334 e. The van der Waals surface area contributed by atoms with Crippen LogP contribution in [0.1, 0.15) is 37.2 Å². The fourth-order valence-electron chi connectivity index (χ4n) is 2.81. The molecule has 1 N–H and O–H groups in total. The van der Waals surface area contributed by atoms with Crippen molar-refractivity contribution in [3.05, 3.63) is 40.8 Å². The number of likely N-dealkylation sites (N-methyl/N-ethyl adjacent to an activating group) is 1. The van der Waals surface area contributed by atoms with Crippen LogP contribution in [0.4, 0.5) is 0 Å². The molecule has 0 bridgehead atoms. The van der Waals surface area contributed by atoms with Gasteiger partial charge in [0.25, 0.3) is 5.89 Å². The summed E-state index contributed by atoms with van der Waals surface area (Å²) in [6, 6.07) is 8.10. The van der Waals surface area contributed by atoms with E-state index in [0.29, 0.717) is 28.7 Å². The zero-order valence-corrected chi connectivity index (χ0v) is 14.5. The molecular weight excluding hydrogens is 324 g/mol. The number of aromatic nitrogens is 3. The molecule has 1 unspecified atom stereocenters. The van der Waals surface area contributed by atoms with Gasteiger partial charge in [-0.15, -0.1) is 0 Å². The van der Waals surface area contributed by atoms with Crippen molar-refractivity contribution in [2.24, 2.45) is 0 Å². The minimum Gasteiger partial charge on any atom is -0.334 e. The van der Waals surface area contributed by atoms with E-state index in [-0.39, 0.29) is 0 Å². The summed E-state index contributed by atoms with van der Waals surface area (Å²) in [5.74, 6) is 1.78. The molecule has 24 heavy (non-hydrogen) atoms. The number of hydrogen-bond acceptors (Lipinski definition) is 5. The molecule has 3 aromatic rings. The molecule has 2 aromatic heterocycles. The lowest BCUT2D eigenvalue weighted by Crippen LogP contribution is -2.24. The van der Waals surface area contributed by atoms with Crippen LogP contribution in [0.15, 0.2) is 28.8 Å². The number of nitrogens with zero attached hydrogens (tertiary/aromatic N) is 3. The van der Waals surface area contributed by atoms with Crippen molar-refractivity contribution in [1.29, 1.82) is 0 Å². The lowest BCUT2D eigenvalue weighted by atomic mass is 10.1. The van der Waals surface area contributed by atoms with E-state index in [1.165, 1.54) is 12.8 Å². The van der Waals surface area contributed by atoms with Gasteiger partial charge in [-0.1, -0.05) is 16.8 Å². The summed E-state index contributed by atoms with van der Waals surface area (Å²) in [5, 5.41) is 8.93. The Labute approximate surface area is 145 Å². The third kappa shape index (κ3) is 3.01. The Morgan fingerprint density at radius 2 is 2.12 bits per heavy atom. The Bertz CT molecular complexity index is 888. The topological polar surface area (TPSA) is 63.8 Å². The van der Waals surface area contributed by atoms with Gasteiger partial charge in [-0.25, -0.2) is 0 Å². The van der Waals surface area contributed by atoms with Crippen molar-refractivity contribution in [3.8, 4) is 11.5 Å². The predicted octanol–water partition coefficient (Wildman–Crippen LogP) is 3.97. The summed E-state index contributed by atoms with van der Waals surface area (Å²) in [6.07, 6.45) is 3.11. The summed E-state index contributed by atoms with van der Waals surface area (Å²) in [5.41, 5.74) is 2.94. The van der Waals surface area contributed by atoms with E-state index in [9.17, 15) is 0 Å². The van der Waals surface area contributed by atoms with Gasteiger partial charge in [0.1, 0.15) is 0 Å². The maximum atomic E-state index is 6.18. The van der Waals surface area contributed by atoms with Crippen molar-refractivity contribution in [2.45, 2.75) is 38.1 Å². The lowest BCUT2D eigenvalue weighted by molar-refractivity contribution is 0.418. The highest BCUT2D eigenvalue weighted by atomic mass is 35.5. The number of rotatable bonds is 5. The third-order valence-electron chi connectivity index (χ3n) is 4.47. The van der Waals surface area contributed by atoms with Crippen LogP contribution in [0, 0.1) is 0 Å². The third-order valence-corrected chi connectivity index (χ3v) is 4.70. The second kappa shape index (κ2) is 6.15. The molecule has 0 saturated heterocycles. The highest BCUT2D eigenvalue weighted by Crippen LogP contribution is 2.41. The summed E-state index contributed by atoms with van der Waals surface area (Å²) in [4.78, 5) is 9.35. The van der Waals surface area contributed by atoms with Gasteiger partial charge in [0.15, 0.2) is 5.82 Å². The van der Waals surface area contributed by atoms with Crippen molar-refractivity contribution in [3.63, 3.8) is 0 Å². The normalized spacial score (nSPS) is 15.8. The molecular formula is C18H19ClN4O. The van der Waals surface area contributed by atoms with Gasteiger partial charge in [0.05, 0.1) is 11.1 Å². The van der Waals surface area contributed by atoms with E-state index in [0.717, 1.165) is 28.6 Å². The van der Waals surface area contributed by atoms with E-state index in [1.807, 2.05) is 25.2 Å². The average molecular weight is 343 g/mol. The van der Waals surface area contributed by atoms with Crippen LogP contribution < -0.4 is 5.32 Å². The zero-order valence-electron chi connectivity index (χ0n) is 13.7. The van der Waals surface area contributed by atoms with Gasteiger partial charge >= 0.3 is 0 Å². The summed E-state index contributed by atoms with van der Waals surface area (Å²) in [7, 11) is 1.92. The van der Waals surface area contributed by atoms with Gasteiger partial charge in [0.2, 0.25) is 0 Å². The first-order chi connectivity index (χ1) is 11.6. The molecule has 1 saturated carbocycles. The second-order valence-corrected chi connectivity index (χ2v) is 6.88. The number of benzene rings is 1. The van der Waals surface area contributed by atoms with Crippen LogP contribution in [0.2, 0.25) is 5.02 Å². The van der Waals surface area contributed by atoms with Gasteiger partial charge in [-0.2, -0.15) is 4.98 Å². The summed E-state index contributed by atoms with van der Waals surface area (Å²) < 4.78 is 5.54. The van der Waals surface area contributed by atoms with Crippen LogP contribution in [0.3, 0.4) is 0 Å². The Hall–Kier alpha value is -1.98. The SMILES string of the molecule is CNC(C)Cc1noc(-c2cc(C3CC3)nc3ccc(Cl)cc23)n1. The molecule has 124 valence electrons. The van der Waals surface area contributed by atoms with Gasteiger partial charge in [-0.05, 0) is 51.1 Å². The van der Waals surface area contributed by atoms with E-state index in [1.54, 1.807) is 0 Å². The van der Waals surface area contributed by atoms with E-state index >= 15 is 0 Å². The molecule has 1 fully saturated rings. The molecule has 0 spiro atoms. The number of halogens is 1. The molecule has 4 rings (SSSR count). The molecule has 2 heterocycles. The molecule has 1 atom stereocenters. The van der Waals surface area contributed by atoms with Gasteiger partial charge in [-0.3, -0.25) is 4.98 Å². The summed E-state index contributed by atoms with van der Waals surface area (Å²) in [6.45, 7) is 2.09. The minimum absolute atomic E-state index is 0.293. The van der Waals surface area contributed by atoms with Crippen molar-refractivity contribution >= 4 is 22.5 Å². The van der Waals surface area contributed by atoms with Crippen molar-refractivity contribution in [1.82, 2.24) is 20.4 Å². The molecule has 1 aliphatic carbocycles. The fourth-order valence-corrected chi connectivity index (χ4v) is 2.98. The maximum absolute atomic E-state index is 6.18. The molecule has 0 aliphatic heterocycles. The second-order valence-electron chi connectivity index (χ2n) is 6.44. The van der Waals surface area contributed by atoms with Crippen LogP contribution >= 0.6 is 11.6 Å². The Morgan fingerprint density at radius 3 is 2.88 bits per heavy atom. The van der Waals surface area contributed by atoms with E-state index < -0.39 is 0 Å². The zero-order chi connectivity index (χ0) is 16.7. The monoisotopic (exact) mass is 342 g/mol. The van der Waals surface area contributed by atoms with Gasteiger partial charge in [0, 0.05) is 34.5 Å². The molecule has 0 radical (unpaired) electrons. The van der Waals surface area contributed by atoms with Crippen LogP contribution in [-0.2, 0) is 6.42 Å². The van der Waals surface area contributed by atoms with Gasteiger partial charge < -0.3 is 9.84 Å². The molecule has 5 nitrogen and oxygen atoms in total. The summed E-state index contributed by atoms with van der Waals surface area (Å²) >= 11 is 6.18. The number of hydrogen-bond donors (Lipinski definition) is 1. The van der Waals surface area contributed by atoms with Crippen LogP contribution in [-0.4, -0.2) is 28.2 Å². The molecule has 6 heteroatoms. The van der Waals surface area contributed by atoms with Crippen molar-refractivity contribution < 1.29 is 4.52 Å². The lowest BCUT2D eigenvalue weighted by Gasteiger charge is -2.07. The Morgan fingerprint density at radius 1 is 1.29 bits per heavy atom. The first kappa shape index (κ1) is 15.5. The average Bonchev–Trinajstić information content (AvgIpc) is 3.34. The van der Waals surface area contributed by atoms with Crippen LogP contribution in [0.5, 0.6) is 0 Å². The predicted molar refractivity (Wildman–Crippen MR) is 94.2 cm³/mol. The first-order valence-corrected chi connectivity index (χ1v) is 8.62. The molecule has 0 amide bonds. The standard InChI is InChI=1S/C18H19ClN4O/c1-10(20-2)7-17-22-18(24-23-17)14-9-16(11-3-4-11)21-15-6-5-12(19)8-13(14)15/h5-6,8-11,20H,3-4,7H2,1-2H3. The molecule has 1 aliphatic rings. The maximum Gasteiger partial charge on any atom is 0.258 e. The molecule has 1 aromatic carbocycles. The quantitative estimate of drug-likeness (QED) is 0.760. The van der Waals surface area contributed by atoms with E-state index in [2.05, 4.69) is 28.4 Å². The van der Waals surface area contributed by atoms with Crippen LogP contribution in [0.25, 0.3) is 22.4 Å².